The Bertz CT molecular complexity index is 766. The average Bonchev–Trinajstić information content (AvgIpc) is 2.63. The zero-order valence-corrected chi connectivity index (χ0v) is 15.0. The van der Waals surface area contributed by atoms with Crippen molar-refractivity contribution in [3.63, 3.8) is 0 Å². The number of amides is 2. The summed E-state index contributed by atoms with van der Waals surface area (Å²) in [6.45, 7) is 4.26. The van der Waals surface area contributed by atoms with Gasteiger partial charge < -0.3 is 9.80 Å². The van der Waals surface area contributed by atoms with Crippen LogP contribution in [0, 0.1) is 6.92 Å². The van der Waals surface area contributed by atoms with E-state index in [9.17, 15) is 9.59 Å². The molecule has 1 heterocycles. The van der Waals surface area contributed by atoms with Crippen molar-refractivity contribution in [2.75, 3.05) is 26.2 Å². The van der Waals surface area contributed by atoms with Crippen molar-refractivity contribution in [2.24, 2.45) is 0 Å². The van der Waals surface area contributed by atoms with Crippen molar-refractivity contribution in [2.45, 2.75) is 13.3 Å². The van der Waals surface area contributed by atoms with Gasteiger partial charge in [0.25, 0.3) is 5.91 Å². The second-order valence-corrected chi connectivity index (χ2v) is 6.78. The maximum absolute atomic E-state index is 12.5. The number of hydrogen-bond donors (Lipinski definition) is 0. The van der Waals surface area contributed by atoms with Crippen LogP contribution in [0.4, 0.5) is 0 Å². The van der Waals surface area contributed by atoms with Gasteiger partial charge in [-0.15, -0.1) is 0 Å². The fourth-order valence-electron chi connectivity index (χ4n) is 2.96. The number of piperazine rings is 1. The van der Waals surface area contributed by atoms with Crippen LogP contribution in [-0.4, -0.2) is 47.8 Å². The van der Waals surface area contributed by atoms with Gasteiger partial charge in [-0.3, -0.25) is 9.59 Å². The molecule has 4 nitrogen and oxygen atoms in total. The Morgan fingerprint density at radius 3 is 2.24 bits per heavy atom. The highest BCUT2D eigenvalue weighted by atomic mass is 35.5. The molecule has 2 aromatic carbocycles. The monoisotopic (exact) mass is 356 g/mol. The minimum atomic E-state index is -0.0341. The van der Waals surface area contributed by atoms with Crippen LogP contribution in [-0.2, 0) is 11.2 Å². The summed E-state index contributed by atoms with van der Waals surface area (Å²) < 4.78 is 0. The van der Waals surface area contributed by atoms with Crippen LogP contribution in [0.1, 0.15) is 21.5 Å². The van der Waals surface area contributed by atoms with Crippen molar-refractivity contribution in [1.29, 1.82) is 0 Å². The molecule has 3 rings (SSSR count). The second-order valence-electron chi connectivity index (χ2n) is 6.35. The van der Waals surface area contributed by atoms with Gasteiger partial charge in [0, 0.05) is 36.8 Å². The fourth-order valence-corrected chi connectivity index (χ4v) is 3.15. The molecule has 2 aromatic rings. The number of hydrogen-bond acceptors (Lipinski definition) is 2. The molecule has 130 valence electrons. The van der Waals surface area contributed by atoms with Gasteiger partial charge >= 0.3 is 0 Å². The Hall–Kier alpha value is -2.33. The Morgan fingerprint density at radius 1 is 0.960 bits per heavy atom. The van der Waals surface area contributed by atoms with Gasteiger partial charge in [-0.2, -0.15) is 0 Å². The standard InChI is InChI=1S/C20H21ClN2O2/c1-15-5-7-16(8-6-15)13-19(24)22-9-11-23(12-10-22)20(25)17-3-2-4-18(21)14-17/h2-8,14H,9-13H2,1H3. The summed E-state index contributed by atoms with van der Waals surface area (Å²) in [5, 5.41) is 0.553. The van der Waals surface area contributed by atoms with Crippen molar-refractivity contribution in [3.05, 3.63) is 70.2 Å². The van der Waals surface area contributed by atoms with Crippen LogP contribution >= 0.6 is 11.6 Å². The van der Waals surface area contributed by atoms with Gasteiger partial charge in [0.1, 0.15) is 0 Å². The number of aryl methyl sites for hydroxylation is 1. The molecule has 1 saturated heterocycles. The predicted molar refractivity (Wildman–Crippen MR) is 98.8 cm³/mol. The van der Waals surface area contributed by atoms with Crippen LogP contribution in [0.3, 0.4) is 0 Å². The number of carbonyl (C=O) groups is 2. The molecule has 0 aliphatic carbocycles. The third kappa shape index (κ3) is 4.40. The Labute approximate surface area is 153 Å². The quantitative estimate of drug-likeness (QED) is 0.847. The first-order valence-corrected chi connectivity index (χ1v) is 8.79. The molecule has 0 atom stereocenters. The fraction of sp³-hybridized carbons (Fsp3) is 0.300. The zero-order valence-electron chi connectivity index (χ0n) is 14.2. The van der Waals surface area contributed by atoms with Crippen LogP contribution in [0.15, 0.2) is 48.5 Å². The van der Waals surface area contributed by atoms with E-state index >= 15 is 0 Å². The van der Waals surface area contributed by atoms with Gasteiger partial charge in [0.05, 0.1) is 6.42 Å². The van der Waals surface area contributed by atoms with E-state index in [0.717, 1.165) is 5.56 Å². The molecule has 0 bridgehead atoms. The SMILES string of the molecule is Cc1ccc(CC(=O)N2CCN(C(=O)c3cccc(Cl)c3)CC2)cc1. The minimum absolute atomic E-state index is 0.0341. The van der Waals surface area contributed by atoms with Crippen LogP contribution in [0.2, 0.25) is 5.02 Å². The maximum Gasteiger partial charge on any atom is 0.254 e. The molecule has 1 aliphatic rings. The normalized spacial score (nSPS) is 14.5. The number of rotatable bonds is 3. The molecule has 0 unspecified atom stereocenters. The molecule has 2 amide bonds. The lowest BCUT2D eigenvalue weighted by molar-refractivity contribution is -0.131. The summed E-state index contributed by atoms with van der Waals surface area (Å²) in [6.07, 6.45) is 0.405. The first-order valence-electron chi connectivity index (χ1n) is 8.41. The van der Waals surface area contributed by atoms with Gasteiger partial charge in [-0.1, -0.05) is 47.5 Å². The maximum atomic E-state index is 12.5. The summed E-state index contributed by atoms with van der Waals surface area (Å²) in [7, 11) is 0. The molecule has 0 spiro atoms. The topological polar surface area (TPSA) is 40.6 Å². The molecule has 1 fully saturated rings. The summed E-state index contributed by atoms with van der Waals surface area (Å²) in [5.41, 5.74) is 2.80. The van der Waals surface area contributed by atoms with Gasteiger partial charge in [0.15, 0.2) is 0 Å². The number of benzene rings is 2. The van der Waals surface area contributed by atoms with Crippen LogP contribution in [0.25, 0.3) is 0 Å². The lowest BCUT2D eigenvalue weighted by Crippen LogP contribution is -2.51. The van der Waals surface area contributed by atoms with Crippen molar-refractivity contribution < 1.29 is 9.59 Å². The Morgan fingerprint density at radius 2 is 1.60 bits per heavy atom. The summed E-state index contributed by atoms with van der Waals surface area (Å²) >= 11 is 5.96. The van der Waals surface area contributed by atoms with E-state index in [1.165, 1.54) is 5.56 Å². The summed E-state index contributed by atoms with van der Waals surface area (Å²) in [6, 6.07) is 15.0. The summed E-state index contributed by atoms with van der Waals surface area (Å²) in [4.78, 5) is 28.6. The van der Waals surface area contributed by atoms with E-state index < -0.39 is 0 Å². The van der Waals surface area contributed by atoms with Gasteiger partial charge in [0.2, 0.25) is 5.91 Å². The highest BCUT2D eigenvalue weighted by Gasteiger charge is 2.24. The van der Waals surface area contributed by atoms with E-state index in [1.54, 1.807) is 29.2 Å². The average molecular weight is 357 g/mol. The molecule has 0 saturated carbocycles. The van der Waals surface area contributed by atoms with Crippen molar-refractivity contribution >= 4 is 23.4 Å². The number of carbonyl (C=O) groups excluding carboxylic acids is 2. The zero-order chi connectivity index (χ0) is 17.8. The van der Waals surface area contributed by atoms with Crippen molar-refractivity contribution in [3.8, 4) is 0 Å². The van der Waals surface area contributed by atoms with Gasteiger partial charge in [-0.05, 0) is 30.7 Å². The molecule has 1 aliphatic heterocycles. The van der Waals surface area contributed by atoms with Crippen LogP contribution in [0.5, 0.6) is 0 Å². The first kappa shape index (κ1) is 17.5. The molecule has 25 heavy (non-hydrogen) atoms. The van der Waals surface area contributed by atoms with E-state index in [2.05, 4.69) is 0 Å². The van der Waals surface area contributed by atoms with E-state index in [1.807, 2.05) is 36.1 Å². The molecule has 0 aromatic heterocycles. The molecule has 0 N–H and O–H groups in total. The van der Waals surface area contributed by atoms with E-state index in [0.29, 0.717) is 43.2 Å². The second kappa shape index (κ2) is 7.70. The van der Waals surface area contributed by atoms with Crippen LogP contribution < -0.4 is 0 Å². The Kier molecular flexibility index (Phi) is 5.39. The smallest absolute Gasteiger partial charge is 0.254 e. The third-order valence-electron chi connectivity index (χ3n) is 4.47. The number of halogens is 1. The lowest BCUT2D eigenvalue weighted by atomic mass is 10.1. The first-order chi connectivity index (χ1) is 12.0. The van der Waals surface area contributed by atoms with Gasteiger partial charge in [-0.25, -0.2) is 0 Å². The third-order valence-corrected chi connectivity index (χ3v) is 4.70. The highest BCUT2D eigenvalue weighted by Crippen LogP contribution is 2.15. The molecule has 5 heteroatoms. The largest absolute Gasteiger partial charge is 0.339 e. The predicted octanol–water partition coefficient (Wildman–Crippen LogP) is 3.18. The van der Waals surface area contributed by atoms with E-state index in [4.69, 9.17) is 11.6 Å². The van der Waals surface area contributed by atoms with Crippen molar-refractivity contribution in [1.82, 2.24) is 9.80 Å². The molecular weight excluding hydrogens is 336 g/mol. The summed E-state index contributed by atoms with van der Waals surface area (Å²) in [5.74, 6) is 0.0758. The van der Waals surface area contributed by atoms with E-state index in [-0.39, 0.29) is 11.8 Å². The number of nitrogens with zero attached hydrogens (tertiary/aromatic N) is 2. The minimum Gasteiger partial charge on any atom is -0.339 e. The lowest BCUT2D eigenvalue weighted by Gasteiger charge is -2.35. The molecular formula is C20H21ClN2O2. The molecule has 0 radical (unpaired) electrons. The highest BCUT2D eigenvalue weighted by molar-refractivity contribution is 6.30. The Balaban J connectivity index is 1.55.